The van der Waals surface area contributed by atoms with Gasteiger partial charge in [0.15, 0.2) is 0 Å². The van der Waals surface area contributed by atoms with Gasteiger partial charge in [0.25, 0.3) is 10.1 Å². The predicted octanol–water partition coefficient (Wildman–Crippen LogP) is -0.866. The number of amides is 1. The van der Waals surface area contributed by atoms with Crippen molar-refractivity contribution in [2.45, 2.75) is 18.6 Å². The van der Waals surface area contributed by atoms with E-state index in [1.165, 1.54) is 6.92 Å². The summed E-state index contributed by atoms with van der Waals surface area (Å²) in [6, 6.07) is 0. The minimum absolute atomic E-state index is 0.179. The lowest BCUT2D eigenvalue weighted by Crippen LogP contribution is -2.39. The molecule has 19 heavy (non-hydrogen) atoms. The minimum Gasteiger partial charge on any atom is -0.353 e. The number of carbonyl (C=O) groups excluding carboxylic acids is 1. The Balaban J connectivity index is 0.000000443. The van der Waals surface area contributed by atoms with Crippen LogP contribution in [0.15, 0.2) is 12.7 Å². The van der Waals surface area contributed by atoms with Crippen molar-refractivity contribution < 1.29 is 17.8 Å². The van der Waals surface area contributed by atoms with Crippen molar-refractivity contribution in [3.05, 3.63) is 12.7 Å². The number of carbonyl (C=O) groups is 1. The molecule has 1 amide bonds. The zero-order valence-corrected chi connectivity index (χ0v) is 12.0. The van der Waals surface area contributed by atoms with E-state index in [2.05, 4.69) is 22.5 Å². The highest BCUT2D eigenvalue weighted by molar-refractivity contribution is 7.86. The molecule has 0 aliphatic carbocycles. The van der Waals surface area contributed by atoms with Crippen molar-refractivity contribution in [3.63, 3.8) is 0 Å². The molecular weight excluding hydrogens is 270 g/mol. The van der Waals surface area contributed by atoms with E-state index in [-0.39, 0.29) is 18.9 Å². The molecule has 1 saturated heterocycles. The standard InChI is InChI=1S/C7H13NO4S.C4H10N2/c1-3-7(9)8-5-4-6(2)13(10,11)12;1-2-6-4-3-5-1/h3,6H,1,4-5H2,2H3,(H,8,9)(H,10,11,12);5-6H,1-4H2. The molecule has 8 heteroatoms. The summed E-state index contributed by atoms with van der Waals surface area (Å²) in [6.45, 7) is 9.35. The fourth-order valence-corrected chi connectivity index (χ4v) is 1.64. The third-order valence-corrected chi connectivity index (χ3v) is 3.75. The van der Waals surface area contributed by atoms with E-state index in [0.717, 1.165) is 32.3 Å². The van der Waals surface area contributed by atoms with Gasteiger partial charge in [0, 0.05) is 32.7 Å². The third-order valence-electron chi connectivity index (χ3n) is 2.50. The topological polar surface area (TPSA) is 108 Å². The van der Waals surface area contributed by atoms with E-state index < -0.39 is 15.4 Å². The van der Waals surface area contributed by atoms with Crippen LogP contribution in [0.4, 0.5) is 0 Å². The normalized spacial score (nSPS) is 16.7. The maximum absolute atomic E-state index is 10.6. The van der Waals surface area contributed by atoms with Crippen LogP contribution in [-0.4, -0.2) is 56.9 Å². The summed E-state index contributed by atoms with van der Waals surface area (Å²) in [4.78, 5) is 10.6. The second-order valence-corrected chi connectivity index (χ2v) is 5.94. The van der Waals surface area contributed by atoms with Crippen molar-refractivity contribution in [2.24, 2.45) is 0 Å². The fourth-order valence-electron chi connectivity index (χ4n) is 1.22. The maximum Gasteiger partial charge on any atom is 0.267 e. The zero-order chi connectivity index (χ0) is 14.7. The van der Waals surface area contributed by atoms with Crippen LogP contribution in [-0.2, 0) is 14.9 Å². The van der Waals surface area contributed by atoms with Crippen LogP contribution in [0.5, 0.6) is 0 Å². The van der Waals surface area contributed by atoms with Crippen molar-refractivity contribution in [3.8, 4) is 0 Å². The lowest BCUT2D eigenvalue weighted by Gasteiger charge is -2.11. The molecule has 0 aromatic heterocycles. The molecule has 0 bridgehead atoms. The van der Waals surface area contributed by atoms with E-state index in [9.17, 15) is 13.2 Å². The molecule has 112 valence electrons. The quantitative estimate of drug-likeness (QED) is 0.388. The molecule has 1 fully saturated rings. The number of rotatable bonds is 5. The average Bonchev–Trinajstić information content (AvgIpc) is 2.40. The van der Waals surface area contributed by atoms with Crippen LogP contribution in [0.2, 0.25) is 0 Å². The van der Waals surface area contributed by atoms with Gasteiger partial charge in [-0.1, -0.05) is 6.58 Å². The van der Waals surface area contributed by atoms with Crippen LogP contribution >= 0.6 is 0 Å². The second kappa shape index (κ2) is 9.90. The second-order valence-electron chi connectivity index (χ2n) is 4.11. The summed E-state index contributed by atoms with van der Waals surface area (Å²) >= 11 is 0. The molecular formula is C11H23N3O4S. The van der Waals surface area contributed by atoms with E-state index in [0.29, 0.717) is 0 Å². The first-order valence-corrected chi connectivity index (χ1v) is 7.66. The molecule has 0 aromatic rings. The van der Waals surface area contributed by atoms with E-state index in [4.69, 9.17) is 4.55 Å². The van der Waals surface area contributed by atoms with Crippen LogP contribution in [0.3, 0.4) is 0 Å². The average molecular weight is 293 g/mol. The van der Waals surface area contributed by atoms with Gasteiger partial charge in [-0.25, -0.2) is 0 Å². The SMILES string of the molecule is C1CNCCN1.C=CC(=O)NCCC(C)S(=O)(=O)O. The highest BCUT2D eigenvalue weighted by Gasteiger charge is 2.16. The van der Waals surface area contributed by atoms with Gasteiger partial charge in [-0.05, 0) is 19.4 Å². The van der Waals surface area contributed by atoms with Gasteiger partial charge in [0.05, 0.1) is 5.25 Å². The molecule has 1 aliphatic rings. The molecule has 7 nitrogen and oxygen atoms in total. The molecule has 1 heterocycles. The monoisotopic (exact) mass is 293 g/mol. The van der Waals surface area contributed by atoms with Crippen molar-refractivity contribution >= 4 is 16.0 Å². The smallest absolute Gasteiger partial charge is 0.267 e. The first-order chi connectivity index (χ1) is 8.88. The van der Waals surface area contributed by atoms with Gasteiger partial charge in [-0.2, -0.15) is 8.42 Å². The predicted molar refractivity (Wildman–Crippen MR) is 74.6 cm³/mol. The highest BCUT2D eigenvalue weighted by Crippen LogP contribution is 2.01. The van der Waals surface area contributed by atoms with E-state index >= 15 is 0 Å². The van der Waals surface area contributed by atoms with Crippen LogP contribution < -0.4 is 16.0 Å². The molecule has 1 rings (SSSR count). The Morgan fingerprint density at radius 3 is 2.16 bits per heavy atom. The maximum atomic E-state index is 10.6. The fraction of sp³-hybridized carbons (Fsp3) is 0.727. The molecule has 0 spiro atoms. The Kier molecular flexibility index (Phi) is 9.40. The van der Waals surface area contributed by atoms with Crippen LogP contribution in [0, 0.1) is 0 Å². The minimum atomic E-state index is -3.98. The first-order valence-electron chi connectivity index (χ1n) is 6.16. The van der Waals surface area contributed by atoms with Crippen molar-refractivity contribution in [1.82, 2.24) is 16.0 Å². The van der Waals surface area contributed by atoms with Crippen LogP contribution in [0.1, 0.15) is 13.3 Å². The molecule has 0 aromatic carbocycles. The molecule has 0 radical (unpaired) electrons. The van der Waals surface area contributed by atoms with Gasteiger partial charge in [0.2, 0.25) is 5.91 Å². The summed E-state index contributed by atoms with van der Waals surface area (Å²) in [5, 5.41) is 7.98. The summed E-state index contributed by atoms with van der Waals surface area (Å²) < 4.78 is 29.5. The Labute approximate surface area is 114 Å². The molecule has 1 unspecified atom stereocenters. The van der Waals surface area contributed by atoms with Gasteiger partial charge < -0.3 is 16.0 Å². The van der Waals surface area contributed by atoms with Gasteiger partial charge >= 0.3 is 0 Å². The zero-order valence-electron chi connectivity index (χ0n) is 11.2. The molecule has 1 aliphatic heterocycles. The largest absolute Gasteiger partial charge is 0.353 e. The molecule has 4 N–H and O–H groups in total. The lowest BCUT2D eigenvalue weighted by atomic mass is 10.3. The van der Waals surface area contributed by atoms with Crippen LogP contribution in [0.25, 0.3) is 0 Å². The van der Waals surface area contributed by atoms with E-state index in [1.807, 2.05) is 0 Å². The number of nitrogens with one attached hydrogen (secondary N) is 3. The Bertz CT molecular complexity index is 355. The summed E-state index contributed by atoms with van der Waals surface area (Å²) in [5.74, 6) is -0.359. The summed E-state index contributed by atoms with van der Waals surface area (Å²) in [6.07, 6.45) is 1.27. The summed E-state index contributed by atoms with van der Waals surface area (Å²) in [7, 11) is -3.98. The van der Waals surface area contributed by atoms with Gasteiger partial charge in [0.1, 0.15) is 0 Å². The van der Waals surface area contributed by atoms with E-state index in [1.54, 1.807) is 0 Å². The first kappa shape index (κ1) is 18.0. The molecule has 1 atom stereocenters. The third kappa shape index (κ3) is 10.6. The molecule has 0 saturated carbocycles. The number of piperazine rings is 1. The Hall–Kier alpha value is -0.960. The van der Waals surface area contributed by atoms with Gasteiger partial charge in [-0.15, -0.1) is 0 Å². The highest BCUT2D eigenvalue weighted by atomic mass is 32.2. The number of hydrogen-bond donors (Lipinski definition) is 4. The van der Waals surface area contributed by atoms with Crippen molar-refractivity contribution in [2.75, 3.05) is 32.7 Å². The van der Waals surface area contributed by atoms with Gasteiger partial charge in [-0.3, -0.25) is 9.35 Å². The summed E-state index contributed by atoms with van der Waals surface area (Å²) in [5.41, 5.74) is 0. The Morgan fingerprint density at radius 1 is 1.37 bits per heavy atom. The number of hydrogen-bond acceptors (Lipinski definition) is 5. The Morgan fingerprint density at radius 2 is 1.84 bits per heavy atom. The van der Waals surface area contributed by atoms with Crippen molar-refractivity contribution in [1.29, 1.82) is 0 Å². The lowest BCUT2D eigenvalue weighted by molar-refractivity contribution is -0.116.